The van der Waals surface area contributed by atoms with Crippen LogP contribution in [0.4, 0.5) is 0 Å². The van der Waals surface area contributed by atoms with Gasteiger partial charge in [-0.15, -0.1) is 0 Å². The number of sulfone groups is 1. The summed E-state index contributed by atoms with van der Waals surface area (Å²) in [5, 5.41) is 0. The van der Waals surface area contributed by atoms with E-state index in [1.54, 1.807) is 0 Å². The molecule has 1 aromatic carbocycles. The van der Waals surface area contributed by atoms with E-state index in [9.17, 15) is 13.2 Å². The zero-order chi connectivity index (χ0) is 14.2. The van der Waals surface area contributed by atoms with Crippen LogP contribution < -0.4 is 0 Å². The Bertz CT molecular complexity index is 597. The van der Waals surface area contributed by atoms with Crippen molar-refractivity contribution in [1.29, 1.82) is 0 Å². The minimum absolute atomic E-state index is 0.0254. The van der Waals surface area contributed by atoms with E-state index in [0.717, 1.165) is 24.9 Å². The number of rotatable bonds is 2. The molecule has 2 fully saturated rings. The molecule has 3 rings (SSSR count). The lowest BCUT2D eigenvalue weighted by Gasteiger charge is -2.27. The highest BCUT2D eigenvalue weighted by Gasteiger charge is 2.39. The van der Waals surface area contributed by atoms with Crippen LogP contribution in [0.3, 0.4) is 0 Å². The highest BCUT2D eigenvalue weighted by atomic mass is 32.2. The lowest BCUT2D eigenvalue weighted by atomic mass is 10.0. The van der Waals surface area contributed by atoms with Gasteiger partial charge in [-0.25, -0.2) is 8.42 Å². The molecule has 2 heterocycles. The number of hydrogen-bond donors (Lipinski definition) is 0. The van der Waals surface area contributed by atoms with E-state index in [2.05, 4.69) is 0 Å². The van der Waals surface area contributed by atoms with Crippen LogP contribution in [-0.2, 0) is 14.6 Å². The Hall–Kier alpha value is -1.36. The number of nitrogens with zero attached hydrogens (tertiary/aromatic N) is 1. The van der Waals surface area contributed by atoms with E-state index in [1.165, 1.54) is 0 Å². The molecule has 4 nitrogen and oxygen atoms in total. The molecule has 0 bridgehead atoms. The SMILES string of the molecule is O=C(C1CCS(=O)(=O)C1)N1CCCC1c1ccccc1. The average Bonchev–Trinajstić information content (AvgIpc) is 3.05. The van der Waals surface area contributed by atoms with Crippen LogP contribution >= 0.6 is 0 Å². The first-order chi connectivity index (χ1) is 9.57. The minimum Gasteiger partial charge on any atom is -0.335 e. The second kappa shape index (κ2) is 5.20. The maximum atomic E-state index is 12.6. The van der Waals surface area contributed by atoms with Crippen LogP contribution in [0, 0.1) is 5.92 Å². The van der Waals surface area contributed by atoms with E-state index >= 15 is 0 Å². The lowest BCUT2D eigenvalue weighted by molar-refractivity contribution is -0.135. The van der Waals surface area contributed by atoms with Crippen LogP contribution in [0.15, 0.2) is 30.3 Å². The van der Waals surface area contributed by atoms with Gasteiger partial charge in [0, 0.05) is 6.54 Å². The fraction of sp³-hybridized carbons (Fsp3) is 0.533. The van der Waals surface area contributed by atoms with Crippen molar-refractivity contribution in [2.45, 2.75) is 25.3 Å². The first-order valence-corrected chi connectivity index (χ1v) is 8.95. The zero-order valence-electron chi connectivity index (χ0n) is 11.4. The van der Waals surface area contributed by atoms with Gasteiger partial charge in [0.2, 0.25) is 5.91 Å². The van der Waals surface area contributed by atoms with Crippen molar-refractivity contribution in [2.24, 2.45) is 5.92 Å². The summed E-state index contributed by atoms with van der Waals surface area (Å²) >= 11 is 0. The van der Waals surface area contributed by atoms with Crippen molar-refractivity contribution >= 4 is 15.7 Å². The third-order valence-corrected chi connectivity index (χ3v) is 6.07. The molecule has 0 aliphatic carbocycles. The smallest absolute Gasteiger partial charge is 0.227 e. The topological polar surface area (TPSA) is 54.5 Å². The highest BCUT2D eigenvalue weighted by Crippen LogP contribution is 2.34. The standard InChI is InChI=1S/C15H19NO3S/c17-15(13-8-10-20(18,19)11-13)16-9-4-7-14(16)12-5-2-1-3-6-12/h1-3,5-6,13-14H,4,7-11H2. The van der Waals surface area contributed by atoms with E-state index in [1.807, 2.05) is 35.2 Å². The van der Waals surface area contributed by atoms with Crippen LogP contribution in [0.1, 0.15) is 30.9 Å². The maximum Gasteiger partial charge on any atom is 0.227 e. The van der Waals surface area contributed by atoms with Gasteiger partial charge >= 0.3 is 0 Å². The van der Waals surface area contributed by atoms with Crippen molar-refractivity contribution in [2.75, 3.05) is 18.1 Å². The quantitative estimate of drug-likeness (QED) is 0.835. The molecular weight excluding hydrogens is 274 g/mol. The monoisotopic (exact) mass is 293 g/mol. The summed E-state index contributed by atoms with van der Waals surface area (Å²) in [6.45, 7) is 0.745. The van der Waals surface area contributed by atoms with Crippen LogP contribution in [0.25, 0.3) is 0 Å². The predicted molar refractivity (Wildman–Crippen MR) is 76.9 cm³/mol. The average molecular weight is 293 g/mol. The second-order valence-corrected chi connectivity index (χ2v) is 7.93. The first kappa shape index (κ1) is 13.6. The largest absolute Gasteiger partial charge is 0.335 e. The summed E-state index contributed by atoms with van der Waals surface area (Å²) in [6, 6.07) is 10.1. The molecule has 5 heteroatoms. The Balaban J connectivity index is 1.78. The summed E-state index contributed by atoms with van der Waals surface area (Å²) in [4.78, 5) is 14.5. The fourth-order valence-electron chi connectivity index (χ4n) is 3.28. The normalized spacial score (nSPS) is 28.7. The van der Waals surface area contributed by atoms with E-state index in [0.29, 0.717) is 6.42 Å². The van der Waals surface area contributed by atoms with Gasteiger partial charge < -0.3 is 4.90 Å². The molecule has 2 aliphatic heterocycles. The number of likely N-dealkylation sites (tertiary alicyclic amines) is 1. The van der Waals surface area contributed by atoms with Gasteiger partial charge in [0.1, 0.15) is 0 Å². The number of carbonyl (C=O) groups is 1. The number of benzene rings is 1. The van der Waals surface area contributed by atoms with Crippen LogP contribution in [-0.4, -0.2) is 37.3 Å². The summed E-state index contributed by atoms with van der Waals surface area (Å²) in [5.41, 5.74) is 1.15. The summed E-state index contributed by atoms with van der Waals surface area (Å²) in [5.74, 6) is -0.112. The molecule has 2 aliphatic rings. The van der Waals surface area contributed by atoms with Gasteiger partial charge in [-0.2, -0.15) is 0 Å². The molecule has 0 aromatic heterocycles. The molecule has 0 radical (unpaired) electrons. The molecule has 0 spiro atoms. The van der Waals surface area contributed by atoms with Crippen molar-refractivity contribution in [3.8, 4) is 0 Å². The summed E-state index contributed by atoms with van der Waals surface area (Å²) in [7, 11) is -3.00. The molecule has 20 heavy (non-hydrogen) atoms. The number of amides is 1. The molecule has 0 saturated carbocycles. The third kappa shape index (κ3) is 2.59. The van der Waals surface area contributed by atoms with Crippen molar-refractivity contribution in [1.82, 2.24) is 4.90 Å². The predicted octanol–water partition coefficient (Wildman–Crippen LogP) is 1.78. The summed E-state index contributed by atoms with van der Waals surface area (Å²) < 4.78 is 23.1. The van der Waals surface area contributed by atoms with E-state index in [4.69, 9.17) is 0 Å². The van der Waals surface area contributed by atoms with Crippen molar-refractivity contribution < 1.29 is 13.2 Å². The van der Waals surface area contributed by atoms with E-state index in [-0.39, 0.29) is 29.4 Å². The third-order valence-electron chi connectivity index (χ3n) is 4.30. The van der Waals surface area contributed by atoms with Gasteiger partial charge in [0.15, 0.2) is 9.84 Å². The molecule has 0 N–H and O–H groups in total. The maximum absolute atomic E-state index is 12.6. The number of hydrogen-bond acceptors (Lipinski definition) is 3. The fourth-order valence-corrected chi connectivity index (χ4v) is 5.01. The number of carbonyl (C=O) groups excluding carboxylic acids is 1. The molecule has 2 atom stereocenters. The van der Waals surface area contributed by atoms with Gasteiger partial charge in [0.25, 0.3) is 0 Å². The van der Waals surface area contributed by atoms with Crippen molar-refractivity contribution in [3.63, 3.8) is 0 Å². The van der Waals surface area contributed by atoms with Gasteiger partial charge in [0.05, 0.1) is 23.5 Å². The lowest BCUT2D eigenvalue weighted by Crippen LogP contribution is -2.36. The van der Waals surface area contributed by atoms with Gasteiger partial charge in [-0.05, 0) is 24.8 Å². The molecule has 1 amide bonds. The highest BCUT2D eigenvalue weighted by molar-refractivity contribution is 7.91. The van der Waals surface area contributed by atoms with Crippen molar-refractivity contribution in [3.05, 3.63) is 35.9 Å². The zero-order valence-corrected chi connectivity index (χ0v) is 12.2. The van der Waals surface area contributed by atoms with Crippen LogP contribution in [0.5, 0.6) is 0 Å². The Morgan fingerprint density at radius 1 is 1.15 bits per heavy atom. The van der Waals surface area contributed by atoms with Gasteiger partial charge in [-0.1, -0.05) is 30.3 Å². The summed E-state index contributed by atoms with van der Waals surface area (Å²) in [6.07, 6.45) is 2.44. The minimum atomic E-state index is -3.00. The first-order valence-electron chi connectivity index (χ1n) is 7.13. The molecular formula is C15H19NO3S. The molecule has 1 aromatic rings. The Morgan fingerprint density at radius 2 is 1.90 bits per heavy atom. The van der Waals surface area contributed by atoms with E-state index < -0.39 is 9.84 Å². The second-order valence-electron chi connectivity index (χ2n) is 5.70. The Labute approximate surface area is 119 Å². The molecule has 2 saturated heterocycles. The van der Waals surface area contributed by atoms with Gasteiger partial charge in [-0.3, -0.25) is 4.79 Å². The molecule has 2 unspecified atom stereocenters. The Kier molecular flexibility index (Phi) is 3.54. The Morgan fingerprint density at radius 3 is 2.55 bits per heavy atom. The molecule has 108 valence electrons. The van der Waals surface area contributed by atoms with Crippen LogP contribution in [0.2, 0.25) is 0 Å².